The maximum atomic E-state index is 3.75. The van der Waals surface area contributed by atoms with Crippen molar-refractivity contribution in [1.29, 1.82) is 0 Å². The first kappa shape index (κ1) is 12.5. The van der Waals surface area contributed by atoms with Crippen LogP contribution in [0.2, 0.25) is 6.55 Å². The maximum Gasteiger partial charge on any atom is 1.00 e. The molecule has 1 nitrogen and oxygen atoms in total. The molecule has 0 aromatic heterocycles. The summed E-state index contributed by atoms with van der Waals surface area (Å²) in [5, 5.41) is 3.31. The molecule has 0 heterocycles. The average molecular weight is 135 g/mol. The molecule has 0 fully saturated rings. The van der Waals surface area contributed by atoms with E-state index in [1.165, 1.54) is 12.6 Å². The molecule has 0 atom stereocenters. The SMILES string of the molecule is [CH2-]CCCNC[Si]C.[Li+]. The molecule has 48 valence electrons. The topological polar surface area (TPSA) is 12.0 Å². The van der Waals surface area contributed by atoms with E-state index >= 15 is 0 Å². The van der Waals surface area contributed by atoms with E-state index in [1.54, 1.807) is 0 Å². The molecule has 0 unspecified atom stereocenters. The third-order valence-corrected chi connectivity index (χ3v) is 1.51. The van der Waals surface area contributed by atoms with Crippen LogP contribution in [0.15, 0.2) is 0 Å². The molecule has 0 aliphatic rings. The van der Waals surface area contributed by atoms with E-state index in [-0.39, 0.29) is 18.9 Å². The Morgan fingerprint density at radius 3 is 2.67 bits per heavy atom. The molecule has 2 radical (unpaired) electrons. The van der Waals surface area contributed by atoms with Gasteiger partial charge in [0, 0.05) is 0 Å². The van der Waals surface area contributed by atoms with Crippen LogP contribution < -0.4 is 24.2 Å². The van der Waals surface area contributed by atoms with E-state index < -0.39 is 0 Å². The first-order chi connectivity index (χ1) is 3.91. The molecule has 1 N–H and O–H groups in total. The van der Waals surface area contributed by atoms with Gasteiger partial charge in [-0.25, -0.2) is 0 Å². The van der Waals surface area contributed by atoms with Gasteiger partial charge in [-0.2, -0.15) is 6.42 Å². The van der Waals surface area contributed by atoms with Crippen LogP contribution in [0.3, 0.4) is 0 Å². The zero-order chi connectivity index (χ0) is 6.24. The van der Waals surface area contributed by atoms with E-state index in [9.17, 15) is 0 Å². The van der Waals surface area contributed by atoms with Crippen molar-refractivity contribution < 1.29 is 18.9 Å². The Hall–Kier alpha value is 0.774. The number of nitrogens with one attached hydrogen (secondary N) is 1. The molecule has 0 aliphatic heterocycles. The number of unbranched alkanes of at least 4 members (excludes halogenated alkanes) is 1. The van der Waals surface area contributed by atoms with Gasteiger partial charge >= 0.3 is 18.9 Å². The van der Waals surface area contributed by atoms with Crippen molar-refractivity contribution in [2.24, 2.45) is 0 Å². The van der Waals surface area contributed by atoms with E-state index in [4.69, 9.17) is 0 Å². The van der Waals surface area contributed by atoms with Crippen molar-refractivity contribution in [3.63, 3.8) is 0 Å². The van der Waals surface area contributed by atoms with E-state index in [1.807, 2.05) is 0 Å². The summed E-state index contributed by atoms with van der Waals surface area (Å²) in [5.74, 6) is 0. The van der Waals surface area contributed by atoms with Crippen LogP contribution in [-0.4, -0.2) is 22.2 Å². The predicted octanol–water partition coefficient (Wildman–Crippen LogP) is -2.10. The number of hydrogen-bond donors (Lipinski definition) is 1. The Morgan fingerprint density at radius 1 is 1.56 bits per heavy atom. The summed E-state index contributed by atoms with van der Waals surface area (Å²) in [6, 6.07) is 0. The molecule has 0 rings (SSSR count). The van der Waals surface area contributed by atoms with Crippen molar-refractivity contribution in [1.82, 2.24) is 5.32 Å². The van der Waals surface area contributed by atoms with Gasteiger partial charge in [0.25, 0.3) is 0 Å². The Bertz CT molecular complexity index is 38.0. The van der Waals surface area contributed by atoms with Gasteiger partial charge in [-0.15, -0.1) is 0 Å². The van der Waals surface area contributed by atoms with Gasteiger partial charge in [0.05, 0.1) is 9.52 Å². The normalized spacial score (nSPS) is 8.67. The van der Waals surface area contributed by atoms with Crippen LogP contribution in [-0.2, 0) is 0 Å². The van der Waals surface area contributed by atoms with Crippen molar-refractivity contribution in [2.45, 2.75) is 19.4 Å². The Morgan fingerprint density at radius 2 is 2.22 bits per heavy atom. The summed E-state index contributed by atoms with van der Waals surface area (Å²) in [7, 11) is 1.04. The zero-order valence-electron chi connectivity index (χ0n) is 6.54. The van der Waals surface area contributed by atoms with Crippen molar-refractivity contribution >= 4 is 9.52 Å². The van der Waals surface area contributed by atoms with E-state index in [0.29, 0.717) is 0 Å². The van der Waals surface area contributed by atoms with Gasteiger partial charge in [-0.1, -0.05) is 13.0 Å². The molecule has 0 saturated heterocycles. The van der Waals surface area contributed by atoms with Gasteiger partial charge in [0.2, 0.25) is 0 Å². The van der Waals surface area contributed by atoms with Crippen LogP contribution in [0.1, 0.15) is 12.8 Å². The van der Waals surface area contributed by atoms with Gasteiger partial charge in [-0.05, 0) is 12.7 Å². The van der Waals surface area contributed by atoms with Gasteiger partial charge in [0.1, 0.15) is 0 Å². The van der Waals surface area contributed by atoms with Gasteiger partial charge in [-0.3, -0.25) is 0 Å². The average Bonchev–Trinajstić information content (AvgIpc) is 1.81. The summed E-state index contributed by atoms with van der Waals surface area (Å²) < 4.78 is 0. The molecule has 0 amide bonds. The first-order valence-corrected chi connectivity index (χ1v) is 4.77. The number of hydrogen-bond acceptors (Lipinski definition) is 1. The summed E-state index contributed by atoms with van der Waals surface area (Å²) in [5.41, 5.74) is 0. The van der Waals surface area contributed by atoms with E-state index in [2.05, 4.69) is 18.8 Å². The molecule has 0 spiro atoms. The third kappa shape index (κ3) is 12.1. The first-order valence-electron chi connectivity index (χ1n) is 3.06. The summed E-state index contributed by atoms with van der Waals surface area (Å²) >= 11 is 0. The van der Waals surface area contributed by atoms with E-state index in [0.717, 1.165) is 22.5 Å². The second-order valence-corrected chi connectivity index (χ2v) is 2.80. The largest absolute Gasteiger partial charge is 1.00 e. The molecule has 0 aliphatic carbocycles. The quantitative estimate of drug-likeness (QED) is 0.259. The van der Waals surface area contributed by atoms with Crippen LogP contribution in [0.5, 0.6) is 0 Å². The van der Waals surface area contributed by atoms with Gasteiger partial charge in [0.15, 0.2) is 0 Å². The molecular weight excluding hydrogens is 121 g/mol. The fraction of sp³-hybridized carbons (Fsp3) is 0.833. The monoisotopic (exact) mass is 135 g/mol. The van der Waals surface area contributed by atoms with Crippen molar-refractivity contribution in [3.8, 4) is 0 Å². The zero-order valence-corrected chi connectivity index (χ0v) is 7.54. The molecular formula is C6H14LiNSi. The molecule has 3 heteroatoms. The van der Waals surface area contributed by atoms with Crippen molar-refractivity contribution in [3.05, 3.63) is 6.92 Å². The maximum absolute atomic E-state index is 3.75. The standard InChI is InChI=1S/C6H14NSi.Li/c1-3-4-5-7-6-8-2;/h7H,1,3-6H2,2H3;/q-1;+1. The minimum atomic E-state index is 0. The Kier molecular flexibility index (Phi) is 16.0. The molecule has 0 saturated carbocycles. The minimum absolute atomic E-state index is 0. The van der Waals surface area contributed by atoms with Crippen LogP contribution in [0, 0.1) is 6.92 Å². The smallest absolute Gasteiger partial charge is 0.343 e. The predicted molar refractivity (Wildman–Crippen MR) is 39.1 cm³/mol. The van der Waals surface area contributed by atoms with Crippen molar-refractivity contribution in [2.75, 3.05) is 12.7 Å². The molecule has 9 heavy (non-hydrogen) atoms. The van der Waals surface area contributed by atoms with Gasteiger partial charge < -0.3 is 12.2 Å². The second-order valence-electron chi connectivity index (χ2n) is 1.74. The number of rotatable bonds is 5. The summed E-state index contributed by atoms with van der Waals surface area (Å²) in [4.78, 5) is 0. The minimum Gasteiger partial charge on any atom is -0.343 e. The van der Waals surface area contributed by atoms with Crippen LogP contribution >= 0.6 is 0 Å². The molecule has 0 bridgehead atoms. The fourth-order valence-electron chi connectivity index (χ4n) is 0.463. The summed E-state index contributed by atoms with van der Waals surface area (Å²) in [6.45, 7) is 7.09. The third-order valence-electron chi connectivity index (χ3n) is 0.905. The van der Waals surface area contributed by atoms with Crippen LogP contribution in [0.4, 0.5) is 0 Å². The molecule has 0 aromatic carbocycles. The Labute approximate surface area is 73.0 Å². The summed E-state index contributed by atoms with van der Waals surface area (Å²) in [6.07, 6.45) is 3.45. The molecule has 0 aromatic rings. The fourth-order valence-corrected chi connectivity index (χ4v) is 0.890. The second kappa shape index (κ2) is 11.6. The Balaban J connectivity index is 0. The van der Waals surface area contributed by atoms with Crippen LogP contribution in [0.25, 0.3) is 0 Å².